The van der Waals surface area contributed by atoms with E-state index in [-0.39, 0.29) is 0 Å². The highest BCUT2D eigenvalue weighted by Gasteiger charge is 2.23. The second-order valence-corrected chi connectivity index (χ2v) is 6.12. The largest absolute Gasteiger partial charge is 0.445 e. The minimum atomic E-state index is -0.398. The molecule has 1 aromatic heterocycles. The number of rotatable bonds is 3. The van der Waals surface area contributed by atoms with Crippen LogP contribution in [0.1, 0.15) is 28.5 Å². The van der Waals surface area contributed by atoms with Gasteiger partial charge in [0.15, 0.2) is 5.89 Å². The number of nitrogens with zero attached hydrogens (tertiary/aromatic N) is 3. The number of halogens is 1. The first kappa shape index (κ1) is 15.4. The molecular formula is C20H16FN3O. The zero-order valence-corrected chi connectivity index (χ0v) is 13.6. The Hall–Kier alpha value is -3.13. The van der Waals surface area contributed by atoms with E-state index in [9.17, 15) is 4.39 Å². The van der Waals surface area contributed by atoms with Gasteiger partial charge in [0.1, 0.15) is 17.3 Å². The van der Waals surface area contributed by atoms with Crippen molar-refractivity contribution in [2.24, 2.45) is 0 Å². The number of benzene rings is 2. The Morgan fingerprint density at radius 3 is 2.84 bits per heavy atom. The molecule has 0 unspecified atom stereocenters. The molecule has 4 rings (SSSR count). The zero-order chi connectivity index (χ0) is 17.2. The Labute approximate surface area is 145 Å². The van der Waals surface area contributed by atoms with Crippen molar-refractivity contribution in [3.63, 3.8) is 0 Å². The molecule has 0 radical (unpaired) electrons. The van der Waals surface area contributed by atoms with Crippen molar-refractivity contribution >= 4 is 5.69 Å². The molecule has 25 heavy (non-hydrogen) atoms. The third-order valence-corrected chi connectivity index (χ3v) is 4.35. The second kappa shape index (κ2) is 6.40. The maximum Gasteiger partial charge on any atom is 0.199 e. The average Bonchev–Trinajstić information content (AvgIpc) is 3.03. The van der Waals surface area contributed by atoms with Crippen molar-refractivity contribution in [3.05, 3.63) is 82.8 Å². The summed E-state index contributed by atoms with van der Waals surface area (Å²) in [6, 6.07) is 16.5. The highest BCUT2D eigenvalue weighted by atomic mass is 19.1. The fraction of sp³-hybridized carbons (Fsp3) is 0.200. The average molecular weight is 333 g/mol. The molecule has 1 aliphatic heterocycles. The van der Waals surface area contributed by atoms with Crippen LogP contribution >= 0.6 is 0 Å². The van der Waals surface area contributed by atoms with Crippen molar-refractivity contribution in [1.29, 1.82) is 5.26 Å². The normalized spacial score (nSPS) is 13.4. The molecule has 0 bridgehead atoms. The second-order valence-electron chi connectivity index (χ2n) is 6.12. The van der Waals surface area contributed by atoms with Gasteiger partial charge in [-0.05, 0) is 23.8 Å². The first-order valence-corrected chi connectivity index (χ1v) is 8.18. The number of aromatic nitrogens is 1. The van der Waals surface area contributed by atoms with E-state index in [1.54, 1.807) is 6.07 Å². The monoisotopic (exact) mass is 333 g/mol. The number of nitriles is 1. The molecule has 2 aromatic carbocycles. The molecule has 0 saturated heterocycles. The van der Waals surface area contributed by atoms with Crippen LogP contribution in [0.5, 0.6) is 0 Å². The summed E-state index contributed by atoms with van der Waals surface area (Å²) in [7, 11) is 0. The van der Waals surface area contributed by atoms with E-state index in [0.29, 0.717) is 36.7 Å². The van der Waals surface area contributed by atoms with Crippen molar-refractivity contribution in [1.82, 2.24) is 4.98 Å². The van der Waals surface area contributed by atoms with Crippen LogP contribution in [0, 0.1) is 17.1 Å². The summed E-state index contributed by atoms with van der Waals surface area (Å²) in [5.74, 6) is 1.21. The third kappa shape index (κ3) is 3.24. The Balaban J connectivity index is 1.56. The molecule has 5 heteroatoms. The molecule has 2 heterocycles. The lowest BCUT2D eigenvalue weighted by atomic mass is 10.1. The highest BCUT2D eigenvalue weighted by molar-refractivity contribution is 5.53. The third-order valence-electron chi connectivity index (χ3n) is 4.35. The van der Waals surface area contributed by atoms with Crippen LogP contribution in [0.2, 0.25) is 0 Å². The number of oxazole rings is 1. The molecule has 124 valence electrons. The van der Waals surface area contributed by atoms with E-state index in [0.717, 1.165) is 23.4 Å². The van der Waals surface area contributed by atoms with E-state index >= 15 is 0 Å². The Morgan fingerprint density at radius 1 is 1.20 bits per heavy atom. The van der Waals surface area contributed by atoms with Crippen LogP contribution in [0.25, 0.3) is 0 Å². The van der Waals surface area contributed by atoms with Gasteiger partial charge in [-0.15, -0.1) is 0 Å². The van der Waals surface area contributed by atoms with Crippen LogP contribution in [-0.4, -0.2) is 11.5 Å². The van der Waals surface area contributed by atoms with E-state index in [2.05, 4.69) is 4.98 Å². The van der Waals surface area contributed by atoms with Gasteiger partial charge in [-0.25, -0.2) is 9.37 Å². The number of hydrogen-bond donors (Lipinski definition) is 0. The van der Waals surface area contributed by atoms with Crippen molar-refractivity contribution in [3.8, 4) is 6.07 Å². The fourth-order valence-corrected chi connectivity index (χ4v) is 3.14. The molecule has 4 nitrogen and oxygen atoms in total. The summed E-state index contributed by atoms with van der Waals surface area (Å²) in [5.41, 5.74) is 3.07. The standard InChI is InChI=1S/C20H16FN3O/c21-16-8-15(12-22)9-17(11-16)24-7-6-19-18(13-24)23-20(25-19)10-14-4-2-1-3-5-14/h1-5,8-9,11H,6-7,10,13H2. The van der Waals surface area contributed by atoms with Gasteiger partial charge in [-0.3, -0.25) is 0 Å². The maximum absolute atomic E-state index is 13.7. The van der Waals surface area contributed by atoms with Crippen LogP contribution < -0.4 is 4.90 Å². The summed E-state index contributed by atoms with van der Waals surface area (Å²) in [4.78, 5) is 6.65. The lowest BCUT2D eigenvalue weighted by molar-refractivity contribution is 0.454. The van der Waals surface area contributed by atoms with Crippen molar-refractivity contribution in [2.75, 3.05) is 11.4 Å². The van der Waals surface area contributed by atoms with E-state index in [4.69, 9.17) is 9.68 Å². The predicted molar refractivity (Wildman–Crippen MR) is 91.6 cm³/mol. The van der Waals surface area contributed by atoms with E-state index in [1.807, 2.05) is 41.3 Å². The minimum Gasteiger partial charge on any atom is -0.445 e. The van der Waals surface area contributed by atoms with E-state index < -0.39 is 5.82 Å². The summed E-state index contributed by atoms with van der Waals surface area (Å²) in [5, 5.41) is 9.02. The van der Waals surface area contributed by atoms with Gasteiger partial charge >= 0.3 is 0 Å². The highest BCUT2D eigenvalue weighted by Crippen LogP contribution is 2.27. The molecule has 0 atom stereocenters. The zero-order valence-electron chi connectivity index (χ0n) is 13.6. The Morgan fingerprint density at radius 2 is 2.04 bits per heavy atom. The summed E-state index contributed by atoms with van der Waals surface area (Å²) in [6.45, 7) is 1.27. The van der Waals surface area contributed by atoms with Gasteiger partial charge in [0, 0.05) is 25.1 Å². The molecule has 1 aliphatic rings. The Bertz CT molecular complexity index is 943. The molecule has 0 N–H and O–H groups in total. The Kier molecular flexibility index (Phi) is 3.95. The molecular weight excluding hydrogens is 317 g/mol. The molecule has 0 saturated carbocycles. The first-order valence-electron chi connectivity index (χ1n) is 8.18. The lowest BCUT2D eigenvalue weighted by Crippen LogP contribution is -2.30. The maximum atomic E-state index is 13.7. The van der Waals surface area contributed by atoms with Gasteiger partial charge in [0.25, 0.3) is 0 Å². The molecule has 0 fully saturated rings. The topological polar surface area (TPSA) is 53.1 Å². The molecule has 0 aliphatic carbocycles. The van der Waals surface area contributed by atoms with E-state index in [1.165, 1.54) is 12.1 Å². The van der Waals surface area contributed by atoms with Gasteiger partial charge in [0.2, 0.25) is 0 Å². The van der Waals surface area contributed by atoms with Crippen LogP contribution in [0.4, 0.5) is 10.1 Å². The van der Waals surface area contributed by atoms with Crippen molar-refractivity contribution < 1.29 is 8.81 Å². The predicted octanol–water partition coefficient (Wildman–Crippen LogP) is 3.84. The van der Waals surface area contributed by atoms with Gasteiger partial charge in [-0.1, -0.05) is 30.3 Å². The lowest BCUT2D eigenvalue weighted by Gasteiger charge is -2.27. The van der Waals surface area contributed by atoms with Gasteiger partial charge in [-0.2, -0.15) is 5.26 Å². The van der Waals surface area contributed by atoms with Gasteiger partial charge < -0.3 is 9.32 Å². The fourth-order valence-electron chi connectivity index (χ4n) is 3.14. The smallest absolute Gasteiger partial charge is 0.199 e. The molecule has 3 aromatic rings. The summed E-state index contributed by atoms with van der Waals surface area (Å²) >= 11 is 0. The molecule has 0 amide bonds. The van der Waals surface area contributed by atoms with Crippen molar-refractivity contribution in [2.45, 2.75) is 19.4 Å². The van der Waals surface area contributed by atoms with Crippen LogP contribution in [0.15, 0.2) is 52.9 Å². The quantitative estimate of drug-likeness (QED) is 0.731. The van der Waals surface area contributed by atoms with Crippen LogP contribution in [-0.2, 0) is 19.4 Å². The minimum absolute atomic E-state index is 0.325. The first-order chi connectivity index (χ1) is 12.2. The number of fused-ring (bicyclic) bond motifs is 1. The summed E-state index contributed by atoms with van der Waals surface area (Å²) in [6.07, 6.45) is 1.38. The molecule has 0 spiro atoms. The van der Waals surface area contributed by atoms with Crippen LogP contribution in [0.3, 0.4) is 0 Å². The summed E-state index contributed by atoms with van der Waals surface area (Å²) < 4.78 is 19.6. The number of anilines is 1. The SMILES string of the molecule is N#Cc1cc(F)cc(N2CCc3oc(Cc4ccccc4)nc3C2)c1. The number of hydrogen-bond acceptors (Lipinski definition) is 4. The van der Waals surface area contributed by atoms with Gasteiger partial charge in [0.05, 0.1) is 18.2 Å².